The maximum Gasteiger partial charge on any atom is 0.128 e. The third kappa shape index (κ3) is 1.58. The zero-order chi connectivity index (χ0) is 10.8. The van der Waals surface area contributed by atoms with E-state index in [1.165, 1.54) is 12.1 Å². The van der Waals surface area contributed by atoms with Crippen LogP contribution in [0.4, 0.5) is 4.39 Å². The molecular weight excluding hydrogens is 193 g/mol. The number of aromatic nitrogens is 1. The van der Waals surface area contributed by atoms with Gasteiger partial charge in [-0.15, -0.1) is 0 Å². The maximum atomic E-state index is 13.3. The minimum Gasteiger partial charge on any atom is -0.373 e. The Labute approximate surface area is 87.0 Å². The van der Waals surface area contributed by atoms with E-state index in [4.69, 9.17) is 0 Å². The number of H-pyrrole nitrogens is 1. The number of benzene rings is 1. The molecule has 3 nitrogen and oxygen atoms in total. The predicted octanol–water partition coefficient (Wildman–Crippen LogP) is 1.90. The van der Waals surface area contributed by atoms with E-state index in [9.17, 15) is 4.39 Å². The average molecular weight is 205 g/mol. The van der Waals surface area contributed by atoms with Crippen molar-refractivity contribution in [2.24, 2.45) is 4.99 Å². The Morgan fingerprint density at radius 3 is 2.93 bits per heavy atom. The van der Waals surface area contributed by atoms with Crippen LogP contribution < -0.4 is 5.32 Å². The Bertz CT molecular complexity index is 514. The molecule has 0 fully saturated rings. The number of hydrogen-bond donors (Lipinski definition) is 2. The fourth-order valence-electron chi connectivity index (χ4n) is 1.69. The molecule has 0 aliphatic rings. The third-order valence-electron chi connectivity index (χ3n) is 2.35. The van der Waals surface area contributed by atoms with Crippen LogP contribution in [0.1, 0.15) is 5.56 Å². The van der Waals surface area contributed by atoms with Gasteiger partial charge in [0, 0.05) is 36.8 Å². The molecule has 0 aliphatic heterocycles. The van der Waals surface area contributed by atoms with E-state index >= 15 is 0 Å². The lowest BCUT2D eigenvalue weighted by atomic mass is 10.1. The highest BCUT2D eigenvalue weighted by Gasteiger charge is 2.08. The van der Waals surface area contributed by atoms with E-state index < -0.39 is 0 Å². The van der Waals surface area contributed by atoms with Crippen LogP contribution in [-0.4, -0.2) is 24.9 Å². The second kappa shape index (κ2) is 3.73. The van der Waals surface area contributed by atoms with Crippen LogP contribution in [-0.2, 0) is 0 Å². The highest BCUT2D eigenvalue weighted by Crippen LogP contribution is 2.19. The number of nitrogens with zero attached hydrogens (tertiary/aromatic N) is 1. The van der Waals surface area contributed by atoms with Crippen molar-refractivity contribution in [3.63, 3.8) is 0 Å². The molecule has 1 aromatic heterocycles. The molecule has 78 valence electrons. The van der Waals surface area contributed by atoms with Crippen molar-refractivity contribution in [2.45, 2.75) is 0 Å². The Hall–Kier alpha value is -1.84. The molecule has 0 saturated carbocycles. The molecule has 0 bridgehead atoms. The first-order valence-electron chi connectivity index (χ1n) is 4.68. The molecule has 0 aliphatic carbocycles. The molecule has 0 atom stereocenters. The fourth-order valence-corrected chi connectivity index (χ4v) is 1.69. The second-order valence-corrected chi connectivity index (χ2v) is 3.21. The lowest BCUT2D eigenvalue weighted by Gasteiger charge is -2.06. The summed E-state index contributed by atoms with van der Waals surface area (Å²) in [4.78, 5) is 7.05. The number of aromatic amines is 1. The standard InChI is InChI=1S/C11H12FN3/c1-13-11(14-2)9-5-7(12)6-10-8(9)3-4-15-10/h3-6,15H,1-2H3,(H,13,14). The number of fused-ring (bicyclic) bond motifs is 1. The van der Waals surface area contributed by atoms with Gasteiger partial charge in [0.25, 0.3) is 0 Å². The molecule has 0 unspecified atom stereocenters. The highest BCUT2D eigenvalue weighted by atomic mass is 19.1. The van der Waals surface area contributed by atoms with Gasteiger partial charge in [0.2, 0.25) is 0 Å². The van der Waals surface area contributed by atoms with Crippen molar-refractivity contribution >= 4 is 16.7 Å². The summed E-state index contributed by atoms with van der Waals surface area (Å²) in [5.74, 6) is 0.412. The van der Waals surface area contributed by atoms with Crippen molar-refractivity contribution < 1.29 is 4.39 Å². The number of rotatable bonds is 1. The van der Waals surface area contributed by atoms with Crippen molar-refractivity contribution in [1.29, 1.82) is 0 Å². The number of halogens is 1. The van der Waals surface area contributed by atoms with Gasteiger partial charge in [-0.3, -0.25) is 4.99 Å². The van der Waals surface area contributed by atoms with E-state index in [0.29, 0.717) is 5.84 Å². The summed E-state index contributed by atoms with van der Waals surface area (Å²) in [6.07, 6.45) is 1.79. The molecular formula is C11H12FN3. The largest absolute Gasteiger partial charge is 0.373 e. The lowest BCUT2D eigenvalue weighted by Crippen LogP contribution is -2.19. The highest BCUT2D eigenvalue weighted by molar-refractivity contribution is 6.09. The van der Waals surface area contributed by atoms with Gasteiger partial charge in [0.1, 0.15) is 11.7 Å². The van der Waals surface area contributed by atoms with Gasteiger partial charge in [-0.2, -0.15) is 0 Å². The Balaban J connectivity index is 2.73. The van der Waals surface area contributed by atoms with Crippen molar-refractivity contribution in [3.8, 4) is 0 Å². The molecule has 0 saturated heterocycles. The number of hydrogen-bond acceptors (Lipinski definition) is 1. The SMILES string of the molecule is C/N=C(\NC)c1cc(F)cc2[nH]ccc12. The van der Waals surface area contributed by atoms with Crippen LogP contribution >= 0.6 is 0 Å². The van der Waals surface area contributed by atoms with Crippen LogP contribution in [0.5, 0.6) is 0 Å². The van der Waals surface area contributed by atoms with Crippen molar-refractivity contribution in [3.05, 3.63) is 35.8 Å². The first kappa shape index (κ1) is 9.71. The fraction of sp³-hybridized carbons (Fsp3) is 0.182. The van der Waals surface area contributed by atoms with Crippen molar-refractivity contribution in [2.75, 3.05) is 14.1 Å². The average Bonchev–Trinajstić information content (AvgIpc) is 2.67. The monoisotopic (exact) mass is 205 g/mol. The van der Waals surface area contributed by atoms with E-state index in [1.54, 1.807) is 20.3 Å². The summed E-state index contributed by atoms with van der Waals surface area (Å²) >= 11 is 0. The van der Waals surface area contributed by atoms with Gasteiger partial charge in [0.15, 0.2) is 0 Å². The quantitative estimate of drug-likeness (QED) is 0.541. The predicted molar refractivity (Wildman–Crippen MR) is 59.8 cm³/mol. The molecule has 0 spiro atoms. The molecule has 2 rings (SSSR count). The summed E-state index contributed by atoms with van der Waals surface area (Å²) < 4.78 is 13.3. The first-order chi connectivity index (χ1) is 7.26. The number of nitrogens with one attached hydrogen (secondary N) is 2. The third-order valence-corrected chi connectivity index (χ3v) is 2.35. The second-order valence-electron chi connectivity index (χ2n) is 3.21. The van der Waals surface area contributed by atoms with Gasteiger partial charge in [-0.05, 0) is 18.2 Å². The molecule has 4 heteroatoms. The van der Waals surface area contributed by atoms with Crippen molar-refractivity contribution in [1.82, 2.24) is 10.3 Å². The topological polar surface area (TPSA) is 40.2 Å². The van der Waals surface area contributed by atoms with E-state index in [0.717, 1.165) is 16.5 Å². The lowest BCUT2D eigenvalue weighted by molar-refractivity contribution is 0.629. The summed E-state index contributed by atoms with van der Waals surface area (Å²) in [7, 11) is 3.45. The summed E-state index contributed by atoms with van der Waals surface area (Å²) in [6.45, 7) is 0. The summed E-state index contributed by atoms with van der Waals surface area (Å²) in [6, 6.07) is 4.86. The van der Waals surface area contributed by atoms with Gasteiger partial charge < -0.3 is 10.3 Å². The summed E-state index contributed by atoms with van der Waals surface area (Å²) in [5.41, 5.74) is 1.55. The Morgan fingerprint density at radius 2 is 2.27 bits per heavy atom. The molecule has 2 aromatic rings. The number of aliphatic imine (C=N–C) groups is 1. The molecule has 2 N–H and O–H groups in total. The van der Waals surface area contributed by atoms with Crippen LogP contribution in [0.25, 0.3) is 10.9 Å². The summed E-state index contributed by atoms with van der Waals surface area (Å²) in [5, 5.41) is 3.91. The molecule has 1 aromatic carbocycles. The van der Waals surface area contributed by atoms with E-state index in [-0.39, 0.29) is 5.82 Å². The van der Waals surface area contributed by atoms with E-state index in [2.05, 4.69) is 15.3 Å². The Kier molecular flexibility index (Phi) is 2.41. The normalized spacial score (nSPS) is 12.1. The van der Waals surface area contributed by atoms with Gasteiger partial charge in [-0.25, -0.2) is 4.39 Å². The van der Waals surface area contributed by atoms with Gasteiger partial charge >= 0.3 is 0 Å². The molecule has 0 amide bonds. The molecule has 0 radical (unpaired) electrons. The van der Waals surface area contributed by atoms with Crippen LogP contribution in [0.3, 0.4) is 0 Å². The minimum atomic E-state index is -0.267. The number of amidine groups is 1. The molecule has 1 heterocycles. The Morgan fingerprint density at radius 1 is 1.47 bits per heavy atom. The minimum absolute atomic E-state index is 0.267. The van der Waals surface area contributed by atoms with Crippen LogP contribution in [0, 0.1) is 5.82 Å². The maximum absolute atomic E-state index is 13.3. The van der Waals surface area contributed by atoms with Crippen LogP contribution in [0.15, 0.2) is 29.4 Å². The van der Waals surface area contributed by atoms with E-state index in [1.807, 2.05) is 6.07 Å². The molecule has 15 heavy (non-hydrogen) atoms. The zero-order valence-electron chi connectivity index (χ0n) is 8.63. The van der Waals surface area contributed by atoms with Gasteiger partial charge in [0.05, 0.1) is 0 Å². The first-order valence-corrected chi connectivity index (χ1v) is 4.68. The smallest absolute Gasteiger partial charge is 0.128 e. The van der Waals surface area contributed by atoms with Crippen LogP contribution in [0.2, 0.25) is 0 Å². The van der Waals surface area contributed by atoms with Gasteiger partial charge in [-0.1, -0.05) is 0 Å². The zero-order valence-corrected chi connectivity index (χ0v) is 8.63.